The van der Waals surface area contributed by atoms with Crippen LogP contribution in [0, 0.1) is 17.7 Å². The van der Waals surface area contributed by atoms with Gasteiger partial charge < -0.3 is 4.74 Å². The highest BCUT2D eigenvalue weighted by atomic mass is 35.5. The maximum absolute atomic E-state index is 13.7. The maximum Gasteiger partial charge on any atom is 0.142 e. The summed E-state index contributed by atoms with van der Waals surface area (Å²) in [6.07, 6.45) is 3.55. The van der Waals surface area contributed by atoms with E-state index in [-0.39, 0.29) is 5.88 Å². The second kappa shape index (κ2) is 6.26. The SMILES string of the molecule is Cn1cc(COc2ccc(C#CCCl)c(F)c2)cn1. The number of halogens is 2. The third kappa shape index (κ3) is 3.73. The van der Waals surface area contributed by atoms with Gasteiger partial charge in [-0.3, -0.25) is 4.68 Å². The van der Waals surface area contributed by atoms with Crippen LogP contribution in [0.1, 0.15) is 11.1 Å². The van der Waals surface area contributed by atoms with Gasteiger partial charge in [0.2, 0.25) is 0 Å². The van der Waals surface area contributed by atoms with Crippen LogP contribution in [0.2, 0.25) is 0 Å². The van der Waals surface area contributed by atoms with E-state index in [1.165, 1.54) is 6.07 Å². The van der Waals surface area contributed by atoms with Crippen LogP contribution in [0.4, 0.5) is 4.39 Å². The minimum atomic E-state index is -0.415. The summed E-state index contributed by atoms with van der Waals surface area (Å²) in [6.45, 7) is 0.347. The van der Waals surface area contributed by atoms with Gasteiger partial charge in [-0.1, -0.05) is 11.8 Å². The van der Waals surface area contributed by atoms with Crippen LogP contribution in [0.15, 0.2) is 30.6 Å². The van der Waals surface area contributed by atoms with E-state index in [1.807, 2.05) is 13.2 Å². The molecule has 0 fully saturated rings. The highest BCUT2D eigenvalue weighted by Gasteiger charge is 2.03. The Balaban J connectivity index is 2.03. The molecule has 0 unspecified atom stereocenters. The average molecular weight is 279 g/mol. The van der Waals surface area contributed by atoms with Gasteiger partial charge >= 0.3 is 0 Å². The molecule has 2 rings (SSSR count). The predicted molar refractivity (Wildman–Crippen MR) is 71.5 cm³/mol. The van der Waals surface area contributed by atoms with Crippen LogP contribution < -0.4 is 4.74 Å². The third-order valence-corrected chi connectivity index (χ3v) is 2.53. The van der Waals surface area contributed by atoms with E-state index in [1.54, 1.807) is 23.0 Å². The van der Waals surface area contributed by atoms with Crippen molar-refractivity contribution in [3.63, 3.8) is 0 Å². The van der Waals surface area contributed by atoms with E-state index in [0.717, 1.165) is 5.56 Å². The number of aryl methyl sites for hydroxylation is 1. The van der Waals surface area contributed by atoms with Gasteiger partial charge in [-0.15, -0.1) is 11.6 Å². The van der Waals surface area contributed by atoms with Crippen molar-refractivity contribution in [3.8, 4) is 17.6 Å². The van der Waals surface area contributed by atoms with Crippen LogP contribution in [0.5, 0.6) is 5.75 Å². The Labute approximate surface area is 116 Å². The van der Waals surface area contributed by atoms with Crippen molar-refractivity contribution in [2.45, 2.75) is 6.61 Å². The zero-order valence-electron chi connectivity index (χ0n) is 10.4. The molecule has 98 valence electrons. The first-order valence-corrected chi connectivity index (χ1v) is 6.17. The fraction of sp³-hybridized carbons (Fsp3) is 0.214. The summed E-state index contributed by atoms with van der Waals surface area (Å²) in [6, 6.07) is 4.57. The van der Waals surface area contributed by atoms with Crippen LogP contribution in [-0.4, -0.2) is 15.7 Å². The van der Waals surface area contributed by atoms with Crippen LogP contribution >= 0.6 is 11.6 Å². The molecule has 5 heteroatoms. The first-order chi connectivity index (χ1) is 9.19. The predicted octanol–water partition coefficient (Wildman–Crippen LogP) is 2.73. The number of hydrogen-bond donors (Lipinski definition) is 0. The fourth-order valence-electron chi connectivity index (χ4n) is 1.53. The van der Waals surface area contributed by atoms with Gasteiger partial charge in [0.05, 0.1) is 17.6 Å². The van der Waals surface area contributed by atoms with Crippen LogP contribution in [0.25, 0.3) is 0 Å². The van der Waals surface area contributed by atoms with Gasteiger partial charge in [0.15, 0.2) is 0 Å². The lowest BCUT2D eigenvalue weighted by Crippen LogP contribution is -1.95. The highest BCUT2D eigenvalue weighted by Crippen LogP contribution is 2.17. The Morgan fingerprint density at radius 3 is 2.95 bits per heavy atom. The molecule has 0 aliphatic heterocycles. The summed E-state index contributed by atoms with van der Waals surface area (Å²) in [5.41, 5.74) is 1.24. The molecule has 0 bridgehead atoms. The topological polar surface area (TPSA) is 27.1 Å². The molecule has 0 spiro atoms. The van der Waals surface area contributed by atoms with Gasteiger partial charge in [0.1, 0.15) is 18.2 Å². The van der Waals surface area contributed by atoms with Crippen LogP contribution in [0.3, 0.4) is 0 Å². The Bertz CT molecular complexity index is 628. The summed E-state index contributed by atoms with van der Waals surface area (Å²) in [5.74, 6) is 5.47. The van der Waals surface area contributed by atoms with Gasteiger partial charge in [-0.25, -0.2) is 4.39 Å². The van der Waals surface area contributed by atoms with Gasteiger partial charge in [0.25, 0.3) is 0 Å². The van der Waals surface area contributed by atoms with Gasteiger partial charge in [-0.2, -0.15) is 5.10 Å². The molecule has 1 heterocycles. The lowest BCUT2D eigenvalue weighted by molar-refractivity contribution is 0.304. The smallest absolute Gasteiger partial charge is 0.142 e. The molecule has 0 N–H and O–H groups in total. The lowest BCUT2D eigenvalue weighted by Gasteiger charge is -2.05. The molecule has 0 radical (unpaired) electrons. The van der Waals surface area contributed by atoms with E-state index < -0.39 is 5.82 Å². The summed E-state index contributed by atoms with van der Waals surface area (Å²) in [7, 11) is 1.83. The van der Waals surface area contributed by atoms with Crippen molar-refractivity contribution >= 4 is 11.6 Å². The summed E-state index contributed by atoms with van der Waals surface area (Å²) in [4.78, 5) is 0. The third-order valence-electron chi connectivity index (χ3n) is 2.39. The number of rotatable bonds is 3. The maximum atomic E-state index is 13.7. The summed E-state index contributed by atoms with van der Waals surface area (Å²) < 4.78 is 20.8. The van der Waals surface area contributed by atoms with Crippen molar-refractivity contribution in [1.82, 2.24) is 9.78 Å². The number of hydrogen-bond acceptors (Lipinski definition) is 2. The minimum Gasteiger partial charge on any atom is -0.489 e. The van der Waals surface area contributed by atoms with Crippen LogP contribution in [-0.2, 0) is 13.7 Å². The quantitative estimate of drug-likeness (QED) is 0.638. The number of nitrogens with zero attached hydrogens (tertiary/aromatic N) is 2. The lowest BCUT2D eigenvalue weighted by atomic mass is 10.2. The minimum absolute atomic E-state index is 0.179. The van der Waals surface area contributed by atoms with Crippen molar-refractivity contribution < 1.29 is 9.13 Å². The second-order valence-electron chi connectivity index (χ2n) is 3.89. The Hall–Kier alpha value is -1.99. The van der Waals surface area contributed by atoms with Gasteiger partial charge in [-0.05, 0) is 12.1 Å². The Kier molecular flexibility index (Phi) is 4.43. The molecule has 2 aromatic rings. The van der Waals surface area contributed by atoms with Crippen molar-refractivity contribution in [2.75, 3.05) is 5.88 Å². The number of aromatic nitrogens is 2. The first-order valence-electron chi connectivity index (χ1n) is 5.64. The van der Waals surface area contributed by atoms with E-state index in [0.29, 0.717) is 17.9 Å². The number of alkyl halides is 1. The van der Waals surface area contributed by atoms with Crippen molar-refractivity contribution in [3.05, 3.63) is 47.5 Å². The second-order valence-corrected chi connectivity index (χ2v) is 4.16. The average Bonchev–Trinajstić information content (AvgIpc) is 2.81. The normalized spacial score (nSPS) is 9.84. The summed E-state index contributed by atoms with van der Waals surface area (Å²) in [5, 5.41) is 4.03. The van der Waals surface area contributed by atoms with Crippen molar-refractivity contribution in [1.29, 1.82) is 0 Å². The molecule has 0 aliphatic carbocycles. The molecule has 19 heavy (non-hydrogen) atoms. The van der Waals surface area contributed by atoms with E-state index in [9.17, 15) is 4.39 Å². The fourth-order valence-corrected chi connectivity index (χ4v) is 1.60. The molecule has 0 amide bonds. The molecule has 0 aliphatic rings. The Morgan fingerprint density at radius 2 is 2.32 bits per heavy atom. The number of benzene rings is 1. The monoisotopic (exact) mass is 278 g/mol. The Morgan fingerprint density at radius 1 is 1.47 bits per heavy atom. The zero-order valence-corrected chi connectivity index (χ0v) is 11.1. The van der Waals surface area contributed by atoms with E-state index in [4.69, 9.17) is 16.3 Å². The van der Waals surface area contributed by atoms with Crippen molar-refractivity contribution in [2.24, 2.45) is 7.05 Å². The van der Waals surface area contributed by atoms with Gasteiger partial charge in [0, 0.05) is 24.9 Å². The molecular formula is C14H12ClFN2O. The zero-order chi connectivity index (χ0) is 13.7. The molecule has 0 saturated carbocycles. The van der Waals surface area contributed by atoms with E-state index in [2.05, 4.69) is 16.9 Å². The standard InChI is InChI=1S/C14H12ClFN2O/c1-18-9-11(8-17-18)10-19-13-5-4-12(3-2-6-15)14(16)7-13/h4-5,7-9H,6,10H2,1H3. The van der Waals surface area contributed by atoms with E-state index >= 15 is 0 Å². The molecule has 1 aromatic heterocycles. The largest absolute Gasteiger partial charge is 0.489 e. The molecule has 1 aromatic carbocycles. The molecule has 0 atom stereocenters. The molecule has 0 saturated heterocycles. The molecular weight excluding hydrogens is 267 g/mol. The highest BCUT2D eigenvalue weighted by molar-refractivity contribution is 6.19. The molecule has 3 nitrogen and oxygen atoms in total. The first kappa shape index (κ1) is 13.4. The number of ether oxygens (including phenoxy) is 1. The summed E-state index contributed by atoms with van der Waals surface area (Å²) >= 11 is 5.43.